The number of nitrogens with one attached hydrogen (secondary N) is 1. The van der Waals surface area contributed by atoms with Crippen molar-refractivity contribution in [2.45, 2.75) is 19.3 Å². The summed E-state index contributed by atoms with van der Waals surface area (Å²) in [5, 5.41) is 7.52. The van der Waals surface area contributed by atoms with Crippen LogP contribution in [-0.4, -0.2) is 50.2 Å². The van der Waals surface area contributed by atoms with Crippen molar-refractivity contribution in [1.82, 2.24) is 24.3 Å². The third-order valence-corrected chi connectivity index (χ3v) is 7.03. The van der Waals surface area contributed by atoms with Gasteiger partial charge in [0, 0.05) is 48.6 Å². The van der Waals surface area contributed by atoms with Gasteiger partial charge in [-0.3, -0.25) is 28.6 Å². The molecule has 0 unspecified atom stereocenters. The number of fused-ring (bicyclic) bond motifs is 2. The van der Waals surface area contributed by atoms with Gasteiger partial charge in [0.25, 0.3) is 11.5 Å². The van der Waals surface area contributed by atoms with Gasteiger partial charge >= 0.3 is 0 Å². The van der Waals surface area contributed by atoms with Gasteiger partial charge in [0.2, 0.25) is 0 Å². The van der Waals surface area contributed by atoms with Crippen LogP contribution in [0.15, 0.2) is 66.0 Å². The first-order valence-corrected chi connectivity index (χ1v) is 13.1. The highest BCUT2D eigenvalue weighted by Gasteiger charge is 2.27. The topological polar surface area (TPSA) is 139 Å². The highest BCUT2D eigenvalue weighted by molar-refractivity contribution is 6.06. The molecule has 5 aromatic rings. The number of pyridine rings is 3. The molecule has 212 valence electrons. The van der Waals surface area contributed by atoms with Gasteiger partial charge in [-0.25, -0.2) is 4.98 Å². The van der Waals surface area contributed by atoms with E-state index in [0.717, 1.165) is 0 Å². The molecule has 12 nitrogen and oxygen atoms in total. The SMILES string of the molecule is COc1cc2nccc(Oc3ccc(NC(=O)c4cc5c(n(-c6cnn(C)c6)c4=O)CCCC5=O)nc3)c2cc1OC. The number of hydrogen-bond acceptors (Lipinski definition) is 9. The highest BCUT2D eigenvalue weighted by atomic mass is 16.5. The Bertz CT molecular complexity index is 1910. The maximum absolute atomic E-state index is 13.5. The lowest BCUT2D eigenvalue weighted by Gasteiger charge is -2.20. The second kappa shape index (κ2) is 10.8. The van der Waals surface area contributed by atoms with Crippen LogP contribution >= 0.6 is 0 Å². The number of aromatic nitrogens is 5. The molecule has 1 amide bonds. The van der Waals surface area contributed by atoms with E-state index in [2.05, 4.69) is 20.4 Å². The number of carbonyl (C=O) groups is 2. The van der Waals surface area contributed by atoms with E-state index in [1.165, 1.54) is 23.0 Å². The first kappa shape index (κ1) is 26.7. The standard InChI is InChI=1S/C30H26N6O6/c1-35-16-17(14-33-35)36-23-5-4-6-24(37)20(23)11-21(30(36)39)29(38)34-28-8-7-18(15-32-28)42-25-9-10-31-22-13-27(41-3)26(40-2)12-19(22)25/h7-16H,4-6H2,1-3H3,(H,32,34,38). The number of methoxy groups -OCH3 is 2. The molecule has 4 heterocycles. The van der Waals surface area contributed by atoms with Crippen molar-refractivity contribution < 1.29 is 23.8 Å². The van der Waals surface area contributed by atoms with E-state index >= 15 is 0 Å². The molecule has 12 heteroatoms. The number of carbonyl (C=O) groups excluding carboxylic acids is 2. The number of anilines is 1. The monoisotopic (exact) mass is 566 g/mol. The molecule has 0 atom stereocenters. The predicted molar refractivity (Wildman–Crippen MR) is 153 cm³/mol. The van der Waals surface area contributed by atoms with Crippen LogP contribution in [0.1, 0.15) is 39.3 Å². The van der Waals surface area contributed by atoms with Gasteiger partial charge in [0.1, 0.15) is 22.9 Å². The molecule has 1 aromatic carbocycles. The zero-order valence-corrected chi connectivity index (χ0v) is 23.1. The van der Waals surface area contributed by atoms with Crippen molar-refractivity contribution in [3.63, 3.8) is 0 Å². The molecular formula is C30H26N6O6. The van der Waals surface area contributed by atoms with Crippen molar-refractivity contribution in [1.29, 1.82) is 0 Å². The Morgan fingerprint density at radius 1 is 0.952 bits per heavy atom. The van der Waals surface area contributed by atoms with Gasteiger partial charge < -0.3 is 19.5 Å². The summed E-state index contributed by atoms with van der Waals surface area (Å²) in [6.45, 7) is 0. The number of amides is 1. The Morgan fingerprint density at radius 3 is 2.48 bits per heavy atom. The zero-order chi connectivity index (χ0) is 29.4. The molecule has 0 aliphatic heterocycles. The average Bonchev–Trinajstić information content (AvgIpc) is 3.42. The summed E-state index contributed by atoms with van der Waals surface area (Å²) in [7, 11) is 4.83. The lowest BCUT2D eigenvalue weighted by atomic mass is 9.93. The van der Waals surface area contributed by atoms with Crippen LogP contribution in [0.2, 0.25) is 0 Å². The van der Waals surface area contributed by atoms with Gasteiger partial charge in [0.15, 0.2) is 17.3 Å². The van der Waals surface area contributed by atoms with Gasteiger partial charge in [0.05, 0.1) is 37.8 Å². The van der Waals surface area contributed by atoms with Gasteiger partial charge in [-0.1, -0.05) is 0 Å². The Balaban J connectivity index is 1.27. The number of benzene rings is 1. The van der Waals surface area contributed by atoms with E-state index < -0.39 is 11.5 Å². The molecule has 0 radical (unpaired) electrons. The van der Waals surface area contributed by atoms with E-state index in [4.69, 9.17) is 14.2 Å². The minimum absolute atomic E-state index is 0.109. The minimum Gasteiger partial charge on any atom is -0.493 e. The maximum Gasteiger partial charge on any atom is 0.268 e. The molecule has 1 aliphatic rings. The molecule has 6 rings (SSSR count). The molecule has 0 saturated carbocycles. The third kappa shape index (κ3) is 4.83. The van der Waals surface area contributed by atoms with Crippen LogP contribution < -0.4 is 25.1 Å². The summed E-state index contributed by atoms with van der Waals surface area (Å²) in [6, 6.07) is 9.84. The molecule has 42 heavy (non-hydrogen) atoms. The Kier molecular flexibility index (Phi) is 6.87. The number of ether oxygens (including phenoxy) is 3. The van der Waals surface area contributed by atoms with E-state index in [9.17, 15) is 14.4 Å². The number of nitrogens with zero attached hydrogens (tertiary/aromatic N) is 5. The quantitative estimate of drug-likeness (QED) is 0.308. The molecule has 0 fully saturated rings. The summed E-state index contributed by atoms with van der Waals surface area (Å²) in [4.78, 5) is 48.2. The second-order valence-corrected chi connectivity index (χ2v) is 9.68. The van der Waals surface area contributed by atoms with Crippen molar-refractivity contribution in [2.24, 2.45) is 7.05 Å². The van der Waals surface area contributed by atoms with Gasteiger partial charge in [-0.05, 0) is 43.2 Å². The van der Waals surface area contributed by atoms with Crippen molar-refractivity contribution in [2.75, 3.05) is 19.5 Å². The number of hydrogen-bond donors (Lipinski definition) is 1. The van der Waals surface area contributed by atoms with E-state index in [0.29, 0.717) is 70.1 Å². The average molecular weight is 567 g/mol. The van der Waals surface area contributed by atoms with Crippen LogP contribution in [0.4, 0.5) is 5.82 Å². The molecular weight excluding hydrogens is 540 g/mol. The molecule has 1 N–H and O–H groups in total. The fraction of sp³-hybridized carbons (Fsp3) is 0.200. The maximum atomic E-state index is 13.5. The van der Waals surface area contributed by atoms with E-state index in [-0.39, 0.29) is 17.2 Å². The van der Waals surface area contributed by atoms with Crippen molar-refractivity contribution >= 4 is 28.4 Å². The van der Waals surface area contributed by atoms with Crippen LogP contribution in [0.25, 0.3) is 16.6 Å². The Morgan fingerprint density at radius 2 is 1.76 bits per heavy atom. The van der Waals surface area contributed by atoms with Crippen molar-refractivity contribution in [3.8, 4) is 28.7 Å². The molecule has 4 aromatic heterocycles. The predicted octanol–water partition coefficient (Wildman–Crippen LogP) is 4.10. The highest BCUT2D eigenvalue weighted by Crippen LogP contribution is 2.36. The Labute approximate surface area is 239 Å². The van der Waals surface area contributed by atoms with Crippen LogP contribution in [0.3, 0.4) is 0 Å². The summed E-state index contributed by atoms with van der Waals surface area (Å²) >= 11 is 0. The number of aryl methyl sites for hydroxylation is 1. The van der Waals surface area contributed by atoms with Gasteiger partial charge in [-0.2, -0.15) is 5.10 Å². The lowest BCUT2D eigenvalue weighted by molar-refractivity contribution is 0.0971. The Hall–Kier alpha value is -5.52. The molecule has 0 spiro atoms. The molecule has 0 saturated heterocycles. The summed E-state index contributed by atoms with van der Waals surface area (Å²) < 4.78 is 19.8. The summed E-state index contributed by atoms with van der Waals surface area (Å²) in [5.74, 6) is 1.43. The number of ketones is 1. The molecule has 0 bridgehead atoms. The van der Waals surface area contributed by atoms with Gasteiger partial charge in [-0.15, -0.1) is 0 Å². The summed E-state index contributed by atoms with van der Waals surface area (Å²) in [6.07, 6.45) is 7.80. The van der Waals surface area contributed by atoms with Crippen LogP contribution in [0, 0.1) is 0 Å². The van der Waals surface area contributed by atoms with Crippen LogP contribution in [0.5, 0.6) is 23.0 Å². The fourth-order valence-electron chi connectivity index (χ4n) is 5.01. The molecule has 1 aliphatic carbocycles. The fourth-order valence-corrected chi connectivity index (χ4v) is 5.01. The van der Waals surface area contributed by atoms with E-state index in [1.807, 2.05) is 0 Å². The number of rotatable bonds is 7. The first-order chi connectivity index (χ1) is 20.4. The lowest BCUT2D eigenvalue weighted by Crippen LogP contribution is -2.33. The zero-order valence-electron chi connectivity index (χ0n) is 23.1. The third-order valence-electron chi connectivity index (χ3n) is 7.03. The first-order valence-electron chi connectivity index (χ1n) is 13.1. The normalized spacial score (nSPS) is 12.6. The van der Waals surface area contributed by atoms with Crippen molar-refractivity contribution in [3.05, 3.63) is 88.4 Å². The second-order valence-electron chi connectivity index (χ2n) is 9.68. The van der Waals surface area contributed by atoms with Crippen LogP contribution in [-0.2, 0) is 13.5 Å². The largest absolute Gasteiger partial charge is 0.493 e. The minimum atomic E-state index is -0.679. The summed E-state index contributed by atoms with van der Waals surface area (Å²) in [5.41, 5.74) is 1.39. The van der Waals surface area contributed by atoms with E-state index in [1.54, 1.807) is 68.7 Å². The number of Topliss-reactive ketones (excluding diaryl/α,β-unsaturated/α-hetero) is 1. The smallest absolute Gasteiger partial charge is 0.268 e.